The number of para-hydroxylation sites is 2. The van der Waals surface area contributed by atoms with E-state index in [1.165, 1.54) is 5.56 Å². The molecule has 8 nitrogen and oxygen atoms in total. The van der Waals surface area contributed by atoms with Gasteiger partial charge in [0.15, 0.2) is 5.75 Å². The molecule has 0 aromatic heterocycles. The maximum absolute atomic E-state index is 12.9. The van der Waals surface area contributed by atoms with Crippen molar-refractivity contribution in [3.63, 3.8) is 0 Å². The Balaban J connectivity index is 0.000000231. The molecule has 5 rings (SSSR count). The van der Waals surface area contributed by atoms with E-state index in [0.29, 0.717) is 30.2 Å². The van der Waals surface area contributed by atoms with Crippen LogP contribution in [0.3, 0.4) is 0 Å². The van der Waals surface area contributed by atoms with Gasteiger partial charge < -0.3 is 29.7 Å². The van der Waals surface area contributed by atoms with Gasteiger partial charge in [0.1, 0.15) is 11.5 Å². The Hall–Kier alpha value is -4.66. The Morgan fingerprint density at radius 3 is 2.27 bits per heavy atom. The highest BCUT2D eigenvalue weighted by atomic mass is 16.5. The largest absolute Gasteiger partial charge is 0.490 e. The molecule has 1 heterocycles. The fourth-order valence-electron chi connectivity index (χ4n) is 4.92. The SMILES string of the molecule is CN(C)Cc1ccc(Oc2ccccc2)cc1.Cc1ccc(CC(=O)Nc2cccc3c2OC[C@H](C)CN(CCO)C3=O)cc1. The first-order valence-corrected chi connectivity index (χ1v) is 15.2. The molecule has 8 heteroatoms. The van der Waals surface area contributed by atoms with Crippen LogP contribution in [0.25, 0.3) is 0 Å². The van der Waals surface area contributed by atoms with Crippen LogP contribution in [0.5, 0.6) is 17.2 Å². The van der Waals surface area contributed by atoms with Gasteiger partial charge in [0.05, 0.1) is 30.9 Å². The molecule has 0 saturated carbocycles. The van der Waals surface area contributed by atoms with Crippen LogP contribution in [0, 0.1) is 12.8 Å². The number of fused-ring (bicyclic) bond motifs is 1. The lowest BCUT2D eigenvalue weighted by molar-refractivity contribution is -0.115. The van der Waals surface area contributed by atoms with Crippen molar-refractivity contribution in [1.29, 1.82) is 0 Å². The zero-order chi connectivity index (χ0) is 32.2. The summed E-state index contributed by atoms with van der Waals surface area (Å²) in [7, 11) is 4.13. The number of ether oxygens (including phenoxy) is 2. The van der Waals surface area contributed by atoms with E-state index in [2.05, 4.69) is 36.4 Å². The minimum Gasteiger partial charge on any atom is -0.490 e. The van der Waals surface area contributed by atoms with Crippen molar-refractivity contribution < 1.29 is 24.2 Å². The zero-order valence-electron chi connectivity index (χ0n) is 26.5. The average molecular weight is 610 g/mol. The van der Waals surface area contributed by atoms with E-state index in [9.17, 15) is 14.7 Å². The highest BCUT2D eigenvalue weighted by molar-refractivity contribution is 6.01. The van der Waals surface area contributed by atoms with Gasteiger partial charge in [0.25, 0.3) is 5.91 Å². The standard InChI is InChI=1S/C22H26N2O4.C15H17NO/c1-15-6-8-17(9-7-15)12-20(26)23-19-5-3-4-18-21(19)28-14-16(2)13-24(10-11-25)22(18)27;1-16(2)12-13-8-10-15(11-9-13)17-14-6-4-3-5-7-14/h3-9,16,25H,10-14H2,1-2H3,(H,23,26);3-11H,12H2,1-2H3/t16-;/m1./s1. The molecular formula is C37H43N3O5. The van der Waals surface area contributed by atoms with Crippen molar-refractivity contribution in [2.75, 3.05) is 45.7 Å². The number of anilines is 1. The van der Waals surface area contributed by atoms with Gasteiger partial charge in [-0.3, -0.25) is 9.59 Å². The van der Waals surface area contributed by atoms with Crippen LogP contribution in [0.2, 0.25) is 0 Å². The second kappa shape index (κ2) is 16.4. The number of hydrogen-bond acceptors (Lipinski definition) is 6. The lowest BCUT2D eigenvalue weighted by Gasteiger charge is -2.30. The zero-order valence-corrected chi connectivity index (χ0v) is 26.5. The Morgan fingerprint density at radius 1 is 0.933 bits per heavy atom. The molecule has 4 aromatic carbocycles. The summed E-state index contributed by atoms with van der Waals surface area (Å²) in [6, 6.07) is 31.0. The number of aliphatic hydroxyl groups excluding tert-OH is 1. The Morgan fingerprint density at radius 2 is 1.60 bits per heavy atom. The van der Waals surface area contributed by atoms with Crippen molar-refractivity contribution in [2.24, 2.45) is 5.92 Å². The topological polar surface area (TPSA) is 91.3 Å². The van der Waals surface area contributed by atoms with Crippen LogP contribution in [-0.2, 0) is 17.8 Å². The van der Waals surface area contributed by atoms with Crippen molar-refractivity contribution in [2.45, 2.75) is 26.8 Å². The number of benzene rings is 4. The van der Waals surface area contributed by atoms with E-state index in [4.69, 9.17) is 9.47 Å². The minimum absolute atomic E-state index is 0.0956. The summed E-state index contributed by atoms with van der Waals surface area (Å²) in [5.74, 6) is 1.87. The molecule has 2 amide bonds. The summed E-state index contributed by atoms with van der Waals surface area (Å²) in [6.07, 6.45) is 0.241. The van der Waals surface area contributed by atoms with Crippen molar-refractivity contribution in [3.05, 3.63) is 119 Å². The van der Waals surface area contributed by atoms with Gasteiger partial charge in [-0.05, 0) is 68.5 Å². The lowest BCUT2D eigenvalue weighted by Crippen LogP contribution is -2.40. The predicted molar refractivity (Wildman–Crippen MR) is 178 cm³/mol. The van der Waals surface area contributed by atoms with Gasteiger partial charge >= 0.3 is 0 Å². The smallest absolute Gasteiger partial charge is 0.257 e. The first-order chi connectivity index (χ1) is 21.7. The third-order valence-electron chi connectivity index (χ3n) is 7.11. The van der Waals surface area contributed by atoms with Gasteiger partial charge in [0.2, 0.25) is 5.91 Å². The number of aliphatic hydroxyl groups is 1. The molecule has 0 spiro atoms. The Bertz CT molecular complexity index is 1520. The van der Waals surface area contributed by atoms with E-state index >= 15 is 0 Å². The van der Waals surface area contributed by atoms with Crippen LogP contribution >= 0.6 is 0 Å². The summed E-state index contributed by atoms with van der Waals surface area (Å²) in [4.78, 5) is 29.2. The van der Waals surface area contributed by atoms with Gasteiger partial charge in [-0.25, -0.2) is 0 Å². The first kappa shape index (κ1) is 33.2. The molecule has 0 fully saturated rings. The summed E-state index contributed by atoms with van der Waals surface area (Å²) < 4.78 is 11.6. The van der Waals surface area contributed by atoms with Crippen LogP contribution in [0.1, 0.15) is 34.0 Å². The highest BCUT2D eigenvalue weighted by Gasteiger charge is 2.26. The molecule has 0 aliphatic carbocycles. The Kier molecular flexibility index (Phi) is 12.1. The second-order valence-electron chi connectivity index (χ2n) is 11.6. The van der Waals surface area contributed by atoms with E-state index in [1.807, 2.05) is 80.6 Å². The summed E-state index contributed by atoms with van der Waals surface area (Å²) in [5, 5.41) is 12.2. The van der Waals surface area contributed by atoms with Crippen LogP contribution < -0.4 is 14.8 Å². The van der Waals surface area contributed by atoms with Crippen molar-refractivity contribution >= 4 is 17.5 Å². The maximum Gasteiger partial charge on any atom is 0.257 e. The first-order valence-electron chi connectivity index (χ1n) is 15.2. The molecular weight excluding hydrogens is 566 g/mol. The number of amides is 2. The molecule has 1 atom stereocenters. The molecule has 1 aliphatic heterocycles. The quantitative estimate of drug-likeness (QED) is 0.236. The molecule has 236 valence electrons. The average Bonchev–Trinajstić information content (AvgIpc) is 3.02. The van der Waals surface area contributed by atoms with Gasteiger partial charge in [-0.2, -0.15) is 0 Å². The molecule has 4 aromatic rings. The van der Waals surface area contributed by atoms with E-state index in [1.54, 1.807) is 23.1 Å². The normalized spacial score (nSPS) is 14.3. The van der Waals surface area contributed by atoms with Gasteiger partial charge in [0, 0.05) is 25.6 Å². The van der Waals surface area contributed by atoms with Gasteiger partial charge in [-0.15, -0.1) is 0 Å². The number of rotatable bonds is 9. The predicted octanol–water partition coefficient (Wildman–Crippen LogP) is 6.18. The monoisotopic (exact) mass is 609 g/mol. The highest BCUT2D eigenvalue weighted by Crippen LogP contribution is 2.32. The van der Waals surface area contributed by atoms with Crippen LogP contribution in [-0.4, -0.2) is 67.1 Å². The molecule has 0 bridgehead atoms. The summed E-state index contributed by atoms with van der Waals surface area (Å²) >= 11 is 0. The molecule has 2 N–H and O–H groups in total. The third-order valence-corrected chi connectivity index (χ3v) is 7.11. The van der Waals surface area contributed by atoms with E-state index in [-0.39, 0.29) is 37.3 Å². The Labute approximate surface area is 266 Å². The molecule has 45 heavy (non-hydrogen) atoms. The molecule has 0 unspecified atom stereocenters. The van der Waals surface area contributed by atoms with Crippen molar-refractivity contribution in [3.8, 4) is 17.2 Å². The number of nitrogens with zero attached hydrogens (tertiary/aromatic N) is 2. The summed E-state index contributed by atoms with van der Waals surface area (Å²) in [6.45, 7) is 6.05. The number of nitrogens with one attached hydrogen (secondary N) is 1. The fourth-order valence-corrected chi connectivity index (χ4v) is 4.92. The van der Waals surface area contributed by atoms with E-state index in [0.717, 1.165) is 29.2 Å². The van der Waals surface area contributed by atoms with Crippen LogP contribution in [0.4, 0.5) is 5.69 Å². The van der Waals surface area contributed by atoms with E-state index < -0.39 is 0 Å². The maximum atomic E-state index is 12.9. The lowest BCUT2D eigenvalue weighted by atomic mass is 10.1. The van der Waals surface area contributed by atoms with Crippen molar-refractivity contribution in [1.82, 2.24) is 9.80 Å². The third kappa shape index (κ3) is 10.2. The number of β-amino-alcohol motifs (C(OH)–C–C–N with tert-alkyl or cyclic N) is 1. The fraction of sp³-hybridized carbons (Fsp3) is 0.297. The molecule has 0 saturated heterocycles. The minimum atomic E-state index is -0.203. The number of carbonyl (C=O) groups excluding carboxylic acids is 2. The summed E-state index contributed by atoms with van der Waals surface area (Å²) in [5.41, 5.74) is 4.23. The molecule has 1 aliphatic rings. The molecule has 0 radical (unpaired) electrons. The number of carbonyl (C=O) groups is 2. The second-order valence-corrected chi connectivity index (χ2v) is 11.6. The van der Waals surface area contributed by atoms with Crippen LogP contribution in [0.15, 0.2) is 97.1 Å². The number of hydrogen-bond donors (Lipinski definition) is 2. The number of aryl methyl sites for hydroxylation is 1. The van der Waals surface area contributed by atoms with Gasteiger partial charge in [-0.1, -0.05) is 73.2 Å².